The lowest BCUT2D eigenvalue weighted by atomic mass is 10.1. The molecule has 2 N–H and O–H groups in total. The van der Waals surface area contributed by atoms with Gasteiger partial charge in [-0.3, -0.25) is 4.79 Å². The number of carbonyl (C=O) groups is 1. The van der Waals surface area contributed by atoms with E-state index in [0.29, 0.717) is 11.4 Å². The van der Waals surface area contributed by atoms with E-state index in [2.05, 4.69) is 5.32 Å². The highest BCUT2D eigenvalue weighted by Crippen LogP contribution is 2.23. The van der Waals surface area contributed by atoms with E-state index in [9.17, 15) is 14.3 Å². The number of ether oxygens (including phenoxy) is 1. The van der Waals surface area contributed by atoms with Gasteiger partial charge in [0.05, 0.1) is 12.7 Å². The summed E-state index contributed by atoms with van der Waals surface area (Å²) in [6.45, 7) is 1.84. The molecule has 0 saturated heterocycles. The SMILES string of the molecule is COc1ccc(NC(=O)c2cc(F)ccc2O)cc1C. The van der Waals surface area contributed by atoms with Gasteiger partial charge in [0.25, 0.3) is 5.91 Å². The van der Waals surface area contributed by atoms with Gasteiger partial charge in [0, 0.05) is 5.69 Å². The van der Waals surface area contributed by atoms with Crippen molar-refractivity contribution in [3.8, 4) is 11.5 Å². The minimum Gasteiger partial charge on any atom is -0.507 e. The number of benzene rings is 2. The van der Waals surface area contributed by atoms with Crippen molar-refractivity contribution in [2.75, 3.05) is 12.4 Å². The van der Waals surface area contributed by atoms with Gasteiger partial charge in [-0.15, -0.1) is 0 Å². The molecule has 2 aromatic rings. The lowest BCUT2D eigenvalue weighted by molar-refractivity contribution is 0.102. The summed E-state index contributed by atoms with van der Waals surface area (Å²) in [5, 5.41) is 12.2. The maximum atomic E-state index is 13.1. The van der Waals surface area contributed by atoms with Gasteiger partial charge >= 0.3 is 0 Å². The average molecular weight is 275 g/mol. The molecule has 0 unspecified atom stereocenters. The Labute approximate surface area is 115 Å². The maximum Gasteiger partial charge on any atom is 0.259 e. The third kappa shape index (κ3) is 2.88. The van der Waals surface area contributed by atoms with Gasteiger partial charge in [0.1, 0.15) is 17.3 Å². The monoisotopic (exact) mass is 275 g/mol. The standard InChI is InChI=1S/C15H14FNO3/c1-9-7-11(4-6-14(9)20-2)17-15(19)12-8-10(16)3-5-13(12)18/h3-8,18H,1-2H3,(H,17,19). The molecule has 0 radical (unpaired) electrons. The molecule has 0 heterocycles. The summed E-state index contributed by atoms with van der Waals surface area (Å²) in [6.07, 6.45) is 0. The lowest BCUT2D eigenvalue weighted by Crippen LogP contribution is -2.12. The zero-order valence-corrected chi connectivity index (χ0v) is 11.1. The Kier molecular flexibility index (Phi) is 3.89. The van der Waals surface area contributed by atoms with Crippen LogP contribution in [0.25, 0.3) is 0 Å². The molecule has 0 spiro atoms. The molecule has 2 rings (SSSR count). The van der Waals surface area contributed by atoms with Crippen LogP contribution in [-0.2, 0) is 0 Å². The van der Waals surface area contributed by atoms with Crippen LogP contribution in [0.5, 0.6) is 11.5 Å². The van der Waals surface area contributed by atoms with Crippen molar-refractivity contribution in [2.45, 2.75) is 6.92 Å². The number of halogens is 1. The number of phenols is 1. The topological polar surface area (TPSA) is 58.6 Å². The van der Waals surface area contributed by atoms with E-state index in [4.69, 9.17) is 4.74 Å². The summed E-state index contributed by atoms with van der Waals surface area (Å²) in [5.41, 5.74) is 1.28. The van der Waals surface area contributed by atoms with Crippen LogP contribution in [0.1, 0.15) is 15.9 Å². The highest BCUT2D eigenvalue weighted by atomic mass is 19.1. The summed E-state index contributed by atoms with van der Waals surface area (Å²) in [5.74, 6) is -0.726. The van der Waals surface area contributed by atoms with Gasteiger partial charge < -0.3 is 15.2 Å². The molecular formula is C15H14FNO3. The van der Waals surface area contributed by atoms with Crippen LogP contribution in [0.15, 0.2) is 36.4 Å². The van der Waals surface area contributed by atoms with Crippen LogP contribution >= 0.6 is 0 Å². The number of phenolic OH excluding ortho intramolecular Hbond substituents is 1. The summed E-state index contributed by atoms with van der Waals surface area (Å²) < 4.78 is 18.2. The highest BCUT2D eigenvalue weighted by Gasteiger charge is 2.13. The number of nitrogens with one attached hydrogen (secondary N) is 1. The molecular weight excluding hydrogens is 261 g/mol. The number of anilines is 1. The molecule has 2 aromatic carbocycles. The molecule has 0 aliphatic rings. The number of amides is 1. The molecule has 4 nitrogen and oxygen atoms in total. The average Bonchev–Trinajstić information content (AvgIpc) is 2.41. The third-order valence-electron chi connectivity index (χ3n) is 2.86. The molecule has 20 heavy (non-hydrogen) atoms. The minimum atomic E-state index is -0.584. The van der Waals surface area contributed by atoms with Crippen LogP contribution < -0.4 is 10.1 Å². The zero-order chi connectivity index (χ0) is 14.7. The van der Waals surface area contributed by atoms with Crippen molar-refractivity contribution < 1.29 is 19.0 Å². The van der Waals surface area contributed by atoms with Gasteiger partial charge in [-0.05, 0) is 48.9 Å². The maximum absolute atomic E-state index is 13.1. The van der Waals surface area contributed by atoms with Crippen molar-refractivity contribution in [3.05, 3.63) is 53.3 Å². The number of methoxy groups -OCH3 is 1. The number of carbonyl (C=O) groups excluding carboxylic acids is 1. The second kappa shape index (κ2) is 5.61. The van der Waals surface area contributed by atoms with Gasteiger partial charge in [-0.25, -0.2) is 4.39 Å². The van der Waals surface area contributed by atoms with Gasteiger partial charge in [-0.1, -0.05) is 0 Å². The smallest absolute Gasteiger partial charge is 0.259 e. The van der Waals surface area contributed by atoms with Crippen molar-refractivity contribution in [1.82, 2.24) is 0 Å². The second-order valence-electron chi connectivity index (χ2n) is 4.30. The Morgan fingerprint density at radius 3 is 2.65 bits per heavy atom. The van der Waals surface area contributed by atoms with Crippen LogP contribution in [-0.4, -0.2) is 18.1 Å². The number of aromatic hydroxyl groups is 1. The van der Waals surface area contributed by atoms with E-state index >= 15 is 0 Å². The molecule has 0 aliphatic heterocycles. The van der Waals surface area contributed by atoms with Crippen molar-refractivity contribution in [1.29, 1.82) is 0 Å². The molecule has 104 valence electrons. The van der Waals surface area contributed by atoms with Gasteiger partial charge in [0.15, 0.2) is 0 Å². The van der Waals surface area contributed by atoms with Crippen LogP contribution in [0, 0.1) is 12.7 Å². The second-order valence-corrected chi connectivity index (χ2v) is 4.30. The molecule has 0 fully saturated rings. The van der Waals surface area contributed by atoms with Crippen LogP contribution in [0.2, 0.25) is 0 Å². The number of rotatable bonds is 3. The largest absolute Gasteiger partial charge is 0.507 e. The summed E-state index contributed by atoms with van der Waals surface area (Å²) in [4.78, 5) is 12.0. The predicted molar refractivity (Wildman–Crippen MR) is 73.7 cm³/mol. The fraction of sp³-hybridized carbons (Fsp3) is 0.133. The lowest BCUT2D eigenvalue weighted by Gasteiger charge is -2.10. The number of aryl methyl sites for hydroxylation is 1. The molecule has 5 heteroatoms. The van der Waals surface area contributed by atoms with E-state index in [1.807, 2.05) is 6.92 Å². The Hall–Kier alpha value is -2.56. The normalized spacial score (nSPS) is 10.2. The number of hydrogen-bond donors (Lipinski definition) is 2. The summed E-state index contributed by atoms with van der Waals surface area (Å²) >= 11 is 0. The van der Waals surface area contributed by atoms with Gasteiger partial charge in [-0.2, -0.15) is 0 Å². The summed E-state index contributed by atoms with van der Waals surface area (Å²) in [7, 11) is 1.56. The quantitative estimate of drug-likeness (QED) is 0.905. The molecule has 0 atom stereocenters. The van der Waals surface area contributed by atoms with Crippen molar-refractivity contribution in [3.63, 3.8) is 0 Å². The fourth-order valence-electron chi connectivity index (χ4n) is 1.84. The molecule has 0 bridgehead atoms. The first kappa shape index (κ1) is 13.9. The van der Waals surface area contributed by atoms with E-state index in [0.717, 1.165) is 23.8 Å². The first-order valence-electron chi connectivity index (χ1n) is 5.96. The number of hydrogen-bond acceptors (Lipinski definition) is 3. The molecule has 1 amide bonds. The fourth-order valence-corrected chi connectivity index (χ4v) is 1.84. The van der Waals surface area contributed by atoms with E-state index in [-0.39, 0.29) is 11.3 Å². The van der Waals surface area contributed by atoms with Crippen LogP contribution in [0.4, 0.5) is 10.1 Å². The zero-order valence-electron chi connectivity index (χ0n) is 11.1. The van der Waals surface area contributed by atoms with E-state index < -0.39 is 11.7 Å². The predicted octanol–water partition coefficient (Wildman–Crippen LogP) is 3.10. The third-order valence-corrected chi connectivity index (χ3v) is 2.86. The Bertz CT molecular complexity index is 656. The van der Waals surface area contributed by atoms with Crippen LogP contribution in [0.3, 0.4) is 0 Å². The Balaban J connectivity index is 2.23. The molecule has 0 aromatic heterocycles. The summed E-state index contributed by atoms with van der Waals surface area (Å²) in [6, 6.07) is 8.33. The molecule has 0 saturated carbocycles. The Morgan fingerprint density at radius 2 is 2.00 bits per heavy atom. The highest BCUT2D eigenvalue weighted by molar-refractivity contribution is 6.06. The van der Waals surface area contributed by atoms with E-state index in [1.165, 1.54) is 0 Å². The van der Waals surface area contributed by atoms with Gasteiger partial charge in [0.2, 0.25) is 0 Å². The van der Waals surface area contributed by atoms with Crippen molar-refractivity contribution in [2.24, 2.45) is 0 Å². The first-order valence-corrected chi connectivity index (χ1v) is 5.96. The van der Waals surface area contributed by atoms with E-state index in [1.54, 1.807) is 25.3 Å². The van der Waals surface area contributed by atoms with Crippen molar-refractivity contribution >= 4 is 11.6 Å². The molecule has 0 aliphatic carbocycles. The Morgan fingerprint density at radius 1 is 1.25 bits per heavy atom. The minimum absolute atomic E-state index is 0.113. The first-order chi connectivity index (χ1) is 9.51.